The summed E-state index contributed by atoms with van der Waals surface area (Å²) in [6.07, 6.45) is 2.57. The summed E-state index contributed by atoms with van der Waals surface area (Å²) in [5.74, 6) is -0.0816. The summed E-state index contributed by atoms with van der Waals surface area (Å²) in [7, 11) is 0. The number of hydrogen-bond acceptors (Lipinski definition) is 5. The highest BCUT2D eigenvalue weighted by Gasteiger charge is 2.17. The maximum absolute atomic E-state index is 12.1. The Labute approximate surface area is 114 Å². The zero-order valence-corrected chi connectivity index (χ0v) is 11.9. The second-order valence-corrected chi connectivity index (χ2v) is 6.11. The zero-order valence-electron chi connectivity index (χ0n) is 10.3. The van der Waals surface area contributed by atoms with Crippen molar-refractivity contribution in [2.45, 2.75) is 26.3 Å². The summed E-state index contributed by atoms with van der Waals surface area (Å²) in [6, 6.07) is 1.70. The molecule has 18 heavy (non-hydrogen) atoms. The number of nitrogens with zero attached hydrogens (tertiary/aromatic N) is 1. The van der Waals surface area contributed by atoms with Gasteiger partial charge in [-0.25, -0.2) is 4.98 Å². The van der Waals surface area contributed by atoms with Crippen molar-refractivity contribution in [3.05, 3.63) is 32.4 Å². The van der Waals surface area contributed by atoms with Gasteiger partial charge in [-0.15, -0.1) is 22.7 Å². The molecule has 6 heteroatoms. The SMILES string of the molecule is CCC(NC(=O)c1cc(N)c(C)s1)c1nccs1. The van der Waals surface area contributed by atoms with Crippen molar-refractivity contribution in [1.29, 1.82) is 0 Å². The van der Waals surface area contributed by atoms with E-state index < -0.39 is 0 Å². The molecule has 0 saturated heterocycles. The van der Waals surface area contributed by atoms with Gasteiger partial charge in [0.2, 0.25) is 0 Å². The number of rotatable bonds is 4. The molecule has 2 heterocycles. The van der Waals surface area contributed by atoms with E-state index in [1.54, 1.807) is 23.6 Å². The van der Waals surface area contributed by atoms with Gasteiger partial charge in [-0.3, -0.25) is 4.79 Å². The third-order valence-electron chi connectivity index (χ3n) is 2.64. The average Bonchev–Trinajstić information content (AvgIpc) is 2.97. The molecule has 0 radical (unpaired) electrons. The monoisotopic (exact) mass is 281 g/mol. The first kappa shape index (κ1) is 13.0. The summed E-state index contributed by atoms with van der Waals surface area (Å²) in [6.45, 7) is 3.94. The van der Waals surface area contributed by atoms with Crippen LogP contribution in [0.25, 0.3) is 0 Å². The molecule has 2 aromatic rings. The number of carbonyl (C=O) groups is 1. The van der Waals surface area contributed by atoms with E-state index in [2.05, 4.69) is 10.3 Å². The standard InChI is InChI=1S/C12H15N3OS2/c1-3-9(12-14-4-5-17-12)15-11(16)10-6-8(13)7(2)18-10/h4-6,9H,3,13H2,1-2H3,(H,15,16). The van der Waals surface area contributed by atoms with Gasteiger partial charge in [-0.1, -0.05) is 6.92 Å². The smallest absolute Gasteiger partial charge is 0.261 e. The Kier molecular flexibility index (Phi) is 3.98. The third kappa shape index (κ3) is 2.70. The number of nitrogen functional groups attached to an aromatic ring is 1. The quantitative estimate of drug-likeness (QED) is 0.905. The Balaban J connectivity index is 2.10. The van der Waals surface area contributed by atoms with E-state index >= 15 is 0 Å². The lowest BCUT2D eigenvalue weighted by Gasteiger charge is -2.13. The van der Waals surface area contributed by atoms with Crippen LogP contribution in [0.5, 0.6) is 0 Å². The summed E-state index contributed by atoms with van der Waals surface area (Å²) in [4.78, 5) is 18.0. The average molecular weight is 281 g/mol. The van der Waals surface area contributed by atoms with Crippen molar-refractivity contribution in [2.24, 2.45) is 0 Å². The van der Waals surface area contributed by atoms with Gasteiger partial charge in [0.1, 0.15) is 5.01 Å². The van der Waals surface area contributed by atoms with E-state index in [0.29, 0.717) is 10.6 Å². The number of aromatic nitrogens is 1. The molecule has 4 nitrogen and oxygen atoms in total. The van der Waals surface area contributed by atoms with Gasteiger partial charge >= 0.3 is 0 Å². The van der Waals surface area contributed by atoms with Crippen LogP contribution in [0.15, 0.2) is 17.6 Å². The first-order valence-electron chi connectivity index (χ1n) is 5.68. The number of anilines is 1. The van der Waals surface area contributed by atoms with Gasteiger partial charge in [0.25, 0.3) is 5.91 Å². The van der Waals surface area contributed by atoms with Crippen molar-refractivity contribution in [1.82, 2.24) is 10.3 Å². The van der Waals surface area contributed by atoms with Gasteiger partial charge < -0.3 is 11.1 Å². The van der Waals surface area contributed by atoms with Crippen LogP contribution in [0.1, 0.15) is 38.9 Å². The van der Waals surface area contributed by atoms with E-state index in [1.807, 2.05) is 19.2 Å². The predicted octanol–water partition coefficient (Wildman–Crippen LogP) is 2.98. The van der Waals surface area contributed by atoms with E-state index in [4.69, 9.17) is 5.73 Å². The van der Waals surface area contributed by atoms with E-state index in [-0.39, 0.29) is 11.9 Å². The summed E-state index contributed by atoms with van der Waals surface area (Å²) in [5.41, 5.74) is 6.43. The lowest BCUT2D eigenvalue weighted by atomic mass is 10.2. The van der Waals surface area contributed by atoms with E-state index in [1.165, 1.54) is 11.3 Å². The number of thiazole rings is 1. The Hall–Kier alpha value is -1.40. The minimum Gasteiger partial charge on any atom is -0.398 e. The summed E-state index contributed by atoms with van der Waals surface area (Å²) in [5, 5.41) is 5.84. The number of nitrogens with two attached hydrogens (primary N) is 1. The van der Waals surface area contributed by atoms with Crippen LogP contribution in [0.2, 0.25) is 0 Å². The van der Waals surface area contributed by atoms with Crippen LogP contribution in [0.3, 0.4) is 0 Å². The topological polar surface area (TPSA) is 68.0 Å². The Morgan fingerprint density at radius 2 is 2.39 bits per heavy atom. The summed E-state index contributed by atoms with van der Waals surface area (Å²) >= 11 is 2.97. The molecule has 0 aliphatic rings. The molecular formula is C12H15N3OS2. The minimum absolute atomic E-state index is 0.0267. The normalized spacial score (nSPS) is 12.3. The van der Waals surface area contributed by atoms with Crippen LogP contribution >= 0.6 is 22.7 Å². The first-order valence-corrected chi connectivity index (χ1v) is 7.37. The highest BCUT2D eigenvalue weighted by molar-refractivity contribution is 7.14. The van der Waals surface area contributed by atoms with Crippen molar-refractivity contribution in [3.8, 4) is 0 Å². The fourth-order valence-electron chi connectivity index (χ4n) is 1.58. The molecule has 1 unspecified atom stereocenters. The molecule has 1 amide bonds. The lowest BCUT2D eigenvalue weighted by Crippen LogP contribution is -2.27. The Morgan fingerprint density at radius 3 is 2.89 bits per heavy atom. The van der Waals surface area contributed by atoms with Crippen molar-refractivity contribution < 1.29 is 4.79 Å². The largest absolute Gasteiger partial charge is 0.398 e. The molecule has 96 valence electrons. The van der Waals surface area contributed by atoms with Gasteiger partial charge in [0.05, 0.1) is 10.9 Å². The summed E-state index contributed by atoms with van der Waals surface area (Å²) < 4.78 is 0. The predicted molar refractivity (Wildman–Crippen MR) is 76.1 cm³/mol. The molecule has 2 aromatic heterocycles. The minimum atomic E-state index is -0.0816. The highest BCUT2D eigenvalue weighted by atomic mass is 32.1. The Bertz CT molecular complexity index is 514. The number of hydrogen-bond donors (Lipinski definition) is 2. The van der Waals surface area contributed by atoms with Crippen LogP contribution in [-0.2, 0) is 0 Å². The van der Waals surface area contributed by atoms with Crippen molar-refractivity contribution in [3.63, 3.8) is 0 Å². The second kappa shape index (κ2) is 5.49. The van der Waals surface area contributed by atoms with Crippen LogP contribution in [0.4, 0.5) is 5.69 Å². The fourth-order valence-corrected chi connectivity index (χ4v) is 3.20. The number of thiophene rings is 1. The van der Waals surface area contributed by atoms with Crippen molar-refractivity contribution in [2.75, 3.05) is 5.73 Å². The van der Waals surface area contributed by atoms with Gasteiger partial charge in [-0.2, -0.15) is 0 Å². The van der Waals surface area contributed by atoms with Crippen LogP contribution in [-0.4, -0.2) is 10.9 Å². The molecule has 0 aromatic carbocycles. The van der Waals surface area contributed by atoms with Crippen LogP contribution < -0.4 is 11.1 Å². The molecule has 0 aliphatic carbocycles. The molecule has 0 spiro atoms. The molecule has 0 bridgehead atoms. The molecule has 2 rings (SSSR count). The van der Waals surface area contributed by atoms with Gasteiger partial charge in [0.15, 0.2) is 0 Å². The van der Waals surface area contributed by atoms with Gasteiger partial charge in [0, 0.05) is 22.1 Å². The maximum atomic E-state index is 12.1. The van der Waals surface area contributed by atoms with Crippen LogP contribution in [0, 0.1) is 6.92 Å². The Morgan fingerprint density at radius 1 is 1.61 bits per heavy atom. The fraction of sp³-hybridized carbons (Fsp3) is 0.333. The lowest BCUT2D eigenvalue weighted by molar-refractivity contribution is 0.0939. The maximum Gasteiger partial charge on any atom is 0.261 e. The zero-order chi connectivity index (χ0) is 13.1. The van der Waals surface area contributed by atoms with Crippen molar-refractivity contribution >= 4 is 34.3 Å². The number of nitrogens with one attached hydrogen (secondary N) is 1. The van der Waals surface area contributed by atoms with Gasteiger partial charge in [-0.05, 0) is 19.4 Å². The molecule has 0 aliphatic heterocycles. The molecule has 1 atom stereocenters. The molecular weight excluding hydrogens is 266 g/mol. The first-order chi connectivity index (χ1) is 8.61. The molecule has 0 saturated carbocycles. The second-order valence-electron chi connectivity index (χ2n) is 3.93. The molecule has 3 N–H and O–H groups in total. The third-order valence-corrected chi connectivity index (χ3v) is 4.60. The molecule has 0 fully saturated rings. The highest BCUT2D eigenvalue weighted by Crippen LogP contribution is 2.25. The number of aryl methyl sites for hydroxylation is 1. The number of amides is 1. The van der Waals surface area contributed by atoms with E-state index in [9.17, 15) is 4.79 Å². The number of carbonyl (C=O) groups excluding carboxylic acids is 1. The van der Waals surface area contributed by atoms with E-state index in [0.717, 1.165) is 16.3 Å².